The Balaban J connectivity index is 1.54. The largest absolute Gasteiger partial charge is 0.354 e. The van der Waals surface area contributed by atoms with E-state index in [1.54, 1.807) is 24.3 Å². The van der Waals surface area contributed by atoms with Gasteiger partial charge < -0.3 is 5.32 Å². The first-order valence-electron chi connectivity index (χ1n) is 7.02. The summed E-state index contributed by atoms with van der Waals surface area (Å²) in [6.07, 6.45) is 0.658. The fourth-order valence-electron chi connectivity index (χ4n) is 2.39. The van der Waals surface area contributed by atoms with Gasteiger partial charge in [0.05, 0.1) is 15.5 Å². The summed E-state index contributed by atoms with van der Waals surface area (Å²) >= 11 is 7.30. The number of fused-ring (bicyclic) bond motifs is 1. The highest BCUT2D eigenvalue weighted by molar-refractivity contribution is 7.16. The molecule has 3 rings (SSSR count). The SMILES string of the molecule is O=C(CN1C(=O)c2ccccc2C1=O)NCCc1ccc(Cl)s1. The molecule has 0 fully saturated rings. The number of nitrogens with zero attached hydrogens (tertiary/aromatic N) is 1. The minimum Gasteiger partial charge on any atom is -0.354 e. The van der Waals surface area contributed by atoms with Crippen molar-refractivity contribution < 1.29 is 14.4 Å². The summed E-state index contributed by atoms with van der Waals surface area (Å²) in [6.45, 7) is 0.163. The van der Waals surface area contributed by atoms with E-state index in [1.807, 2.05) is 12.1 Å². The topological polar surface area (TPSA) is 66.5 Å². The van der Waals surface area contributed by atoms with Crippen LogP contribution in [0.25, 0.3) is 0 Å². The second-order valence-electron chi connectivity index (χ2n) is 5.05. The van der Waals surface area contributed by atoms with Gasteiger partial charge in [-0.1, -0.05) is 23.7 Å². The van der Waals surface area contributed by atoms with Crippen molar-refractivity contribution in [1.82, 2.24) is 10.2 Å². The van der Waals surface area contributed by atoms with Gasteiger partial charge in [-0.15, -0.1) is 11.3 Å². The fraction of sp³-hybridized carbons (Fsp3) is 0.188. The fourth-order valence-corrected chi connectivity index (χ4v) is 3.48. The number of halogens is 1. The van der Waals surface area contributed by atoms with Crippen LogP contribution in [-0.4, -0.2) is 35.7 Å². The van der Waals surface area contributed by atoms with Gasteiger partial charge in [0, 0.05) is 11.4 Å². The van der Waals surface area contributed by atoms with E-state index in [9.17, 15) is 14.4 Å². The summed E-state index contributed by atoms with van der Waals surface area (Å²) < 4.78 is 0.706. The van der Waals surface area contributed by atoms with Crippen LogP contribution in [0.3, 0.4) is 0 Å². The molecule has 23 heavy (non-hydrogen) atoms. The van der Waals surface area contributed by atoms with E-state index >= 15 is 0 Å². The first-order valence-corrected chi connectivity index (χ1v) is 8.22. The lowest BCUT2D eigenvalue weighted by Gasteiger charge is -2.13. The van der Waals surface area contributed by atoms with E-state index < -0.39 is 11.8 Å². The Morgan fingerprint density at radius 1 is 1.09 bits per heavy atom. The molecule has 2 aromatic rings. The van der Waals surface area contributed by atoms with Crippen molar-refractivity contribution in [2.75, 3.05) is 13.1 Å². The number of benzene rings is 1. The Bertz CT molecular complexity index is 752. The molecule has 2 heterocycles. The minimum atomic E-state index is -0.425. The zero-order valence-corrected chi connectivity index (χ0v) is 13.6. The molecule has 0 radical (unpaired) electrons. The van der Waals surface area contributed by atoms with Crippen molar-refractivity contribution >= 4 is 40.7 Å². The van der Waals surface area contributed by atoms with Crippen molar-refractivity contribution in [2.45, 2.75) is 6.42 Å². The van der Waals surface area contributed by atoms with Crippen molar-refractivity contribution in [3.05, 3.63) is 56.7 Å². The highest BCUT2D eigenvalue weighted by Crippen LogP contribution is 2.22. The number of amides is 3. The third-order valence-corrected chi connectivity index (χ3v) is 4.79. The number of carbonyl (C=O) groups is 3. The van der Waals surface area contributed by atoms with Gasteiger partial charge in [0.2, 0.25) is 5.91 Å². The van der Waals surface area contributed by atoms with Crippen LogP contribution < -0.4 is 5.32 Å². The molecule has 0 saturated heterocycles. The molecule has 0 atom stereocenters. The molecule has 7 heteroatoms. The minimum absolute atomic E-state index is 0.266. The van der Waals surface area contributed by atoms with Gasteiger partial charge >= 0.3 is 0 Å². The summed E-state index contributed by atoms with van der Waals surface area (Å²) in [7, 11) is 0. The first kappa shape index (κ1) is 15.7. The standard InChI is InChI=1S/C16H13ClN2O3S/c17-13-6-5-10(23-13)7-8-18-14(20)9-19-15(21)11-3-1-2-4-12(11)16(19)22/h1-6H,7-9H2,(H,18,20). The van der Waals surface area contributed by atoms with Crippen LogP contribution in [-0.2, 0) is 11.2 Å². The van der Waals surface area contributed by atoms with E-state index in [-0.39, 0.29) is 12.5 Å². The Morgan fingerprint density at radius 2 is 1.74 bits per heavy atom. The highest BCUT2D eigenvalue weighted by atomic mass is 35.5. The number of imide groups is 1. The molecule has 0 bridgehead atoms. The van der Waals surface area contributed by atoms with Crippen LogP contribution >= 0.6 is 22.9 Å². The monoisotopic (exact) mass is 348 g/mol. The van der Waals surface area contributed by atoms with Crippen molar-refractivity contribution in [3.8, 4) is 0 Å². The van der Waals surface area contributed by atoms with E-state index in [0.29, 0.717) is 28.4 Å². The zero-order valence-electron chi connectivity index (χ0n) is 12.0. The number of nitrogens with one attached hydrogen (secondary N) is 1. The van der Waals surface area contributed by atoms with Gasteiger partial charge in [-0.2, -0.15) is 0 Å². The maximum atomic E-state index is 12.2. The second-order valence-corrected chi connectivity index (χ2v) is 6.85. The normalized spacial score (nSPS) is 13.3. The van der Waals surface area contributed by atoms with Crippen molar-refractivity contribution in [3.63, 3.8) is 0 Å². The van der Waals surface area contributed by atoms with Crippen molar-refractivity contribution in [2.24, 2.45) is 0 Å². The van der Waals surface area contributed by atoms with Crippen LogP contribution in [0.15, 0.2) is 36.4 Å². The lowest BCUT2D eigenvalue weighted by atomic mass is 10.1. The quantitative estimate of drug-likeness (QED) is 0.843. The van der Waals surface area contributed by atoms with Gasteiger partial charge in [0.1, 0.15) is 6.54 Å². The maximum absolute atomic E-state index is 12.2. The average molecular weight is 349 g/mol. The summed E-state index contributed by atoms with van der Waals surface area (Å²) in [6, 6.07) is 10.3. The summed E-state index contributed by atoms with van der Waals surface area (Å²) in [5.74, 6) is -1.21. The Hall–Kier alpha value is -2.18. The average Bonchev–Trinajstić information content (AvgIpc) is 3.05. The van der Waals surface area contributed by atoms with E-state index in [0.717, 1.165) is 9.78 Å². The molecule has 0 spiro atoms. The first-order chi connectivity index (χ1) is 11.1. The molecular formula is C16H13ClN2O3S. The second kappa shape index (κ2) is 6.52. The smallest absolute Gasteiger partial charge is 0.262 e. The van der Waals surface area contributed by atoms with Gasteiger partial charge in [0.15, 0.2) is 0 Å². The molecule has 0 aliphatic carbocycles. The van der Waals surface area contributed by atoms with Crippen LogP contribution in [0.5, 0.6) is 0 Å². The van der Waals surface area contributed by atoms with Crippen LogP contribution in [0.2, 0.25) is 4.34 Å². The van der Waals surface area contributed by atoms with E-state index in [4.69, 9.17) is 11.6 Å². The lowest BCUT2D eigenvalue weighted by molar-refractivity contribution is -0.121. The van der Waals surface area contributed by atoms with Crippen LogP contribution in [0, 0.1) is 0 Å². The van der Waals surface area contributed by atoms with E-state index in [2.05, 4.69) is 5.32 Å². The number of carbonyl (C=O) groups excluding carboxylic acids is 3. The van der Waals surface area contributed by atoms with Crippen molar-refractivity contribution in [1.29, 1.82) is 0 Å². The third kappa shape index (κ3) is 3.28. The number of thiophene rings is 1. The molecule has 1 aromatic carbocycles. The molecule has 1 N–H and O–H groups in total. The lowest BCUT2D eigenvalue weighted by Crippen LogP contribution is -2.40. The van der Waals surface area contributed by atoms with Gasteiger partial charge in [0.25, 0.3) is 11.8 Å². The van der Waals surface area contributed by atoms with E-state index in [1.165, 1.54) is 11.3 Å². The summed E-state index contributed by atoms with van der Waals surface area (Å²) in [5, 5.41) is 2.71. The summed E-state index contributed by atoms with van der Waals surface area (Å²) in [5.41, 5.74) is 0.692. The number of hydrogen-bond donors (Lipinski definition) is 1. The molecule has 1 aliphatic rings. The summed E-state index contributed by atoms with van der Waals surface area (Å²) in [4.78, 5) is 38.3. The highest BCUT2D eigenvalue weighted by Gasteiger charge is 2.36. The molecule has 118 valence electrons. The number of hydrogen-bond acceptors (Lipinski definition) is 4. The number of rotatable bonds is 5. The van der Waals surface area contributed by atoms with Crippen LogP contribution in [0.4, 0.5) is 0 Å². The third-order valence-electron chi connectivity index (χ3n) is 3.50. The Morgan fingerprint density at radius 3 is 2.30 bits per heavy atom. The molecule has 1 aliphatic heterocycles. The molecular weight excluding hydrogens is 336 g/mol. The Labute approximate surface area is 141 Å². The molecule has 0 saturated carbocycles. The maximum Gasteiger partial charge on any atom is 0.262 e. The van der Waals surface area contributed by atoms with Gasteiger partial charge in [-0.25, -0.2) is 0 Å². The van der Waals surface area contributed by atoms with Gasteiger partial charge in [-0.3, -0.25) is 19.3 Å². The predicted octanol–water partition coefficient (Wildman–Crippen LogP) is 2.36. The zero-order chi connectivity index (χ0) is 16.4. The van der Waals surface area contributed by atoms with Crippen LogP contribution in [0.1, 0.15) is 25.6 Å². The molecule has 5 nitrogen and oxygen atoms in total. The van der Waals surface area contributed by atoms with Gasteiger partial charge in [-0.05, 0) is 30.7 Å². The molecule has 0 unspecified atom stereocenters. The predicted molar refractivity (Wildman–Crippen MR) is 87.9 cm³/mol. The Kier molecular flexibility index (Phi) is 4.45. The molecule has 1 aromatic heterocycles. The molecule has 3 amide bonds.